The summed E-state index contributed by atoms with van der Waals surface area (Å²) in [6.45, 7) is 1.12. The Hall–Kier alpha value is -3.15. The molecule has 1 aliphatic rings. The van der Waals surface area contributed by atoms with Crippen LogP contribution in [0.1, 0.15) is 12.5 Å². The van der Waals surface area contributed by atoms with Crippen LogP contribution in [0.25, 0.3) is 0 Å². The number of hydrogen-bond donors (Lipinski definition) is 1. The van der Waals surface area contributed by atoms with E-state index in [4.69, 9.17) is 10.4 Å². The lowest BCUT2D eigenvalue weighted by Gasteiger charge is -2.13. The Bertz CT molecular complexity index is 786. The number of nitrogens with zero attached hydrogens (tertiary/aromatic N) is 3. The number of carbonyl (C=O) groups is 2. The molecule has 0 aromatic heterocycles. The number of amides is 1. The quantitative estimate of drug-likeness (QED) is 0.844. The maximum absolute atomic E-state index is 12.9. The second-order valence-corrected chi connectivity index (χ2v) is 4.51. The average molecular weight is 323 g/mol. The van der Waals surface area contributed by atoms with Gasteiger partial charge in [0.15, 0.2) is 5.57 Å². The van der Waals surface area contributed by atoms with E-state index in [9.17, 15) is 22.8 Å². The lowest BCUT2D eigenvalue weighted by molar-refractivity contribution is -0.145. The molecule has 0 aliphatic carbocycles. The maximum Gasteiger partial charge on any atom is 0.424 e. The Balaban J connectivity index is 2.53. The van der Waals surface area contributed by atoms with Crippen molar-refractivity contribution in [2.24, 2.45) is 5.10 Å². The first-order chi connectivity index (χ1) is 10.7. The zero-order valence-electron chi connectivity index (χ0n) is 11.5. The van der Waals surface area contributed by atoms with Crippen LogP contribution >= 0.6 is 0 Å². The van der Waals surface area contributed by atoms with E-state index in [1.807, 2.05) is 6.07 Å². The van der Waals surface area contributed by atoms with Crippen LogP contribution in [-0.4, -0.2) is 28.9 Å². The van der Waals surface area contributed by atoms with Crippen LogP contribution in [-0.2, 0) is 9.59 Å². The molecule has 1 heterocycles. The summed E-state index contributed by atoms with van der Waals surface area (Å²) in [5, 5.41) is 21.8. The molecule has 1 aliphatic heterocycles. The first kappa shape index (κ1) is 16.2. The Morgan fingerprint density at radius 3 is 2.30 bits per heavy atom. The smallest absolute Gasteiger partial charge is 0.424 e. The number of carboxylic acid groups (broad SMARTS) is 1. The number of halogens is 3. The standard InChI is InChI=1S/C14H8F3N3O3/c1-7-10(11(13(22)23)14(15,16)17)12(21)20(19-7)9-4-2-8(6-18)3-5-9/h2-5H,1H3,(H,22,23). The minimum atomic E-state index is -5.20. The third kappa shape index (κ3) is 2.91. The monoisotopic (exact) mass is 323 g/mol. The van der Waals surface area contributed by atoms with Gasteiger partial charge in [-0.3, -0.25) is 4.79 Å². The van der Waals surface area contributed by atoms with Crippen molar-refractivity contribution in [1.82, 2.24) is 0 Å². The third-order valence-electron chi connectivity index (χ3n) is 3.01. The fourth-order valence-electron chi connectivity index (χ4n) is 2.02. The first-order valence-electron chi connectivity index (χ1n) is 6.11. The lowest BCUT2D eigenvalue weighted by atomic mass is 10.0. The Morgan fingerprint density at radius 2 is 1.87 bits per heavy atom. The van der Waals surface area contributed by atoms with Gasteiger partial charge in [0.05, 0.1) is 28.6 Å². The summed E-state index contributed by atoms with van der Waals surface area (Å²) < 4.78 is 38.7. The number of hydrazone groups is 1. The number of carbonyl (C=O) groups excluding carboxylic acids is 1. The van der Waals surface area contributed by atoms with Gasteiger partial charge < -0.3 is 5.11 Å². The van der Waals surface area contributed by atoms with Gasteiger partial charge in [-0.25, -0.2) is 4.79 Å². The highest BCUT2D eigenvalue weighted by Gasteiger charge is 2.46. The fourth-order valence-corrected chi connectivity index (χ4v) is 2.02. The molecule has 1 N–H and O–H groups in total. The Morgan fingerprint density at radius 1 is 1.30 bits per heavy atom. The molecule has 0 bridgehead atoms. The molecule has 0 spiro atoms. The number of carboxylic acids is 1. The van der Waals surface area contributed by atoms with E-state index in [2.05, 4.69) is 5.10 Å². The van der Waals surface area contributed by atoms with Gasteiger partial charge in [-0.05, 0) is 31.2 Å². The van der Waals surface area contributed by atoms with E-state index in [0.717, 1.165) is 6.92 Å². The van der Waals surface area contributed by atoms with Gasteiger partial charge in [0.25, 0.3) is 5.91 Å². The molecule has 0 radical (unpaired) electrons. The van der Waals surface area contributed by atoms with Gasteiger partial charge in [0, 0.05) is 0 Å². The highest BCUT2D eigenvalue weighted by atomic mass is 19.4. The zero-order valence-corrected chi connectivity index (χ0v) is 11.5. The van der Waals surface area contributed by atoms with Crippen molar-refractivity contribution < 1.29 is 27.9 Å². The molecule has 0 saturated heterocycles. The number of aliphatic carboxylic acids is 1. The predicted octanol–water partition coefficient (Wildman–Crippen LogP) is 2.22. The van der Waals surface area contributed by atoms with Crippen molar-refractivity contribution in [3.05, 3.63) is 41.0 Å². The van der Waals surface area contributed by atoms with E-state index in [1.165, 1.54) is 24.3 Å². The highest BCUT2D eigenvalue weighted by molar-refractivity contribution is 6.32. The average Bonchev–Trinajstić information content (AvgIpc) is 2.74. The number of alkyl halides is 3. The maximum atomic E-state index is 12.9. The summed E-state index contributed by atoms with van der Waals surface area (Å²) >= 11 is 0. The van der Waals surface area contributed by atoms with E-state index in [-0.39, 0.29) is 11.4 Å². The summed E-state index contributed by atoms with van der Waals surface area (Å²) in [5.41, 5.74) is -2.91. The largest absolute Gasteiger partial charge is 0.478 e. The number of anilines is 1. The highest BCUT2D eigenvalue weighted by Crippen LogP contribution is 2.33. The van der Waals surface area contributed by atoms with Gasteiger partial charge in [0.1, 0.15) is 0 Å². The second-order valence-electron chi connectivity index (χ2n) is 4.51. The Labute approximate surface area is 127 Å². The fraction of sp³-hybridized carbons (Fsp3) is 0.143. The molecule has 0 saturated carbocycles. The molecule has 0 fully saturated rings. The molecule has 0 unspecified atom stereocenters. The molecule has 118 valence electrons. The lowest BCUT2D eigenvalue weighted by Crippen LogP contribution is -2.29. The molecule has 23 heavy (non-hydrogen) atoms. The number of benzene rings is 1. The SMILES string of the molecule is CC1=NN(c2ccc(C#N)cc2)C(=O)C1=C(C(=O)O)C(F)(F)F. The number of rotatable bonds is 2. The molecule has 0 atom stereocenters. The van der Waals surface area contributed by atoms with Crippen LogP contribution < -0.4 is 5.01 Å². The summed E-state index contributed by atoms with van der Waals surface area (Å²) in [6.07, 6.45) is -5.20. The van der Waals surface area contributed by atoms with Crippen LogP contribution in [0.2, 0.25) is 0 Å². The van der Waals surface area contributed by atoms with Crippen LogP contribution in [0.5, 0.6) is 0 Å². The third-order valence-corrected chi connectivity index (χ3v) is 3.01. The molecule has 9 heteroatoms. The van der Waals surface area contributed by atoms with Crippen molar-refractivity contribution in [2.75, 3.05) is 5.01 Å². The van der Waals surface area contributed by atoms with Gasteiger partial charge in [0.2, 0.25) is 0 Å². The molecule has 1 aromatic rings. The van der Waals surface area contributed by atoms with Crippen molar-refractivity contribution in [2.45, 2.75) is 13.1 Å². The van der Waals surface area contributed by atoms with Crippen molar-refractivity contribution in [3.8, 4) is 6.07 Å². The van der Waals surface area contributed by atoms with E-state index < -0.39 is 29.2 Å². The van der Waals surface area contributed by atoms with Gasteiger partial charge in [-0.2, -0.15) is 28.5 Å². The van der Waals surface area contributed by atoms with E-state index >= 15 is 0 Å². The predicted molar refractivity (Wildman–Crippen MR) is 72.5 cm³/mol. The summed E-state index contributed by atoms with van der Waals surface area (Å²) in [6, 6.07) is 7.22. The topological polar surface area (TPSA) is 93.8 Å². The van der Waals surface area contributed by atoms with Crippen LogP contribution in [0.15, 0.2) is 40.5 Å². The molecular weight excluding hydrogens is 315 g/mol. The van der Waals surface area contributed by atoms with Crippen LogP contribution in [0.4, 0.5) is 18.9 Å². The number of hydrogen-bond acceptors (Lipinski definition) is 4. The molecule has 1 aromatic carbocycles. The summed E-state index contributed by atoms with van der Waals surface area (Å²) in [7, 11) is 0. The van der Waals surface area contributed by atoms with Crippen molar-refractivity contribution >= 4 is 23.3 Å². The van der Waals surface area contributed by atoms with Crippen LogP contribution in [0, 0.1) is 11.3 Å². The summed E-state index contributed by atoms with van der Waals surface area (Å²) in [5.74, 6) is -3.45. The first-order valence-corrected chi connectivity index (χ1v) is 6.11. The van der Waals surface area contributed by atoms with E-state index in [0.29, 0.717) is 10.6 Å². The minimum absolute atomic E-state index is 0.121. The molecular formula is C14H8F3N3O3. The van der Waals surface area contributed by atoms with Crippen molar-refractivity contribution in [3.63, 3.8) is 0 Å². The van der Waals surface area contributed by atoms with Crippen LogP contribution in [0.3, 0.4) is 0 Å². The van der Waals surface area contributed by atoms with E-state index in [1.54, 1.807) is 0 Å². The Kier molecular flexibility index (Phi) is 3.93. The normalized spacial score (nSPS) is 16.9. The minimum Gasteiger partial charge on any atom is -0.478 e. The second kappa shape index (κ2) is 5.57. The summed E-state index contributed by atoms with van der Waals surface area (Å²) in [4.78, 5) is 23.1. The van der Waals surface area contributed by atoms with Gasteiger partial charge in [-0.15, -0.1) is 0 Å². The zero-order chi connectivity index (χ0) is 17.4. The number of nitriles is 1. The van der Waals surface area contributed by atoms with Gasteiger partial charge >= 0.3 is 12.1 Å². The molecule has 2 rings (SSSR count). The van der Waals surface area contributed by atoms with Crippen molar-refractivity contribution in [1.29, 1.82) is 5.26 Å². The molecule has 1 amide bonds. The van der Waals surface area contributed by atoms with Gasteiger partial charge in [-0.1, -0.05) is 0 Å². The molecule has 6 nitrogen and oxygen atoms in total.